The Kier molecular flexibility index (Phi) is 2.56. The van der Waals surface area contributed by atoms with Gasteiger partial charge in [-0.3, -0.25) is 4.79 Å². The van der Waals surface area contributed by atoms with Crippen molar-refractivity contribution in [3.8, 4) is 0 Å². The van der Waals surface area contributed by atoms with E-state index in [4.69, 9.17) is 4.74 Å². The molecule has 2 aliphatic carbocycles. The number of fused-ring (bicyclic) bond motifs is 1. The molecule has 0 unspecified atom stereocenters. The summed E-state index contributed by atoms with van der Waals surface area (Å²) in [5.41, 5.74) is 0. The first-order valence-corrected chi connectivity index (χ1v) is 5.43. The second kappa shape index (κ2) is 3.69. The topological polar surface area (TPSA) is 26.3 Å². The van der Waals surface area contributed by atoms with Crippen LogP contribution in [0.25, 0.3) is 0 Å². The summed E-state index contributed by atoms with van der Waals surface area (Å²) in [6.45, 7) is 1.51. The van der Waals surface area contributed by atoms with Crippen LogP contribution < -0.4 is 0 Å². The van der Waals surface area contributed by atoms with Crippen LogP contribution in [0.4, 0.5) is 0 Å². The summed E-state index contributed by atoms with van der Waals surface area (Å²) in [7, 11) is 0. The van der Waals surface area contributed by atoms with E-state index >= 15 is 0 Å². The van der Waals surface area contributed by atoms with E-state index in [0.29, 0.717) is 0 Å². The zero-order chi connectivity index (χ0) is 9.26. The van der Waals surface area contributed by atoms with Crippen LogP contribution >= 0.6 is 0 Å². The number of rotatable bonds is 1. The molecule has 0 aliphatic heterocycles. The normalized spacial score (nSPS) is 38.4. The molecule has 0 saturated heterocycles. The molecule has 0 heterocycles. The molecular weight excluding hydrogens is 164 g/mol. The summed E-state index contributed by atoms with van der Waals surface area (Å²) in [6, 6.07) is 0. The molecule has 13 heavy (non-hydrogen) atoms. The van der Waals surface area contributed by atoms with Crippen LogP contribution in [0.5, 0.6) is 0 Å². The van der Waals surface area contributed by atoms with Gasteiger partial charge in [-0.25, -0.2) is 0 Å². The van der Waals surface area contributed by atoms with Crippen molar-refractivity contribution in [2.75, 3.05) is 0 Å². The average Bonchev–Trinajstić information content (AvgIpc) is 2.49. The lowest BCUT2D eigenvalue weighted by Gasteiger charge is -2.31. The van der Waals surface area contributed by atoms with Gasteiger partial charge in [0.15, 0.2) is 0 Å². The molecule has 0 radical (unpaired) electrons. The van der Waals surface area contributed by atoms with Gasteiger partial charge in [0.1, 0.15) is 6.10 Å². The van der Waals surface area contributed by atoms with E-state index in [0.717, 1.165) is 24.7 Å². The van der Waals surface area contributed by atoms with Crippen molar-refractivity contribution < 1.29 is 9.53 Å². The molecule has 0 bridgehead atoms. The van der Waals surface area contributed by atoms with Gasteiger partial charge >= 0.3 is 5.97 Å². The lowest BCUT2D eigenvalue weighted by molar-refractivity contribution is -0.149. The van der Waals surface area contributed by atoms with E-state index in [9.17, 15) is 4.79 Å². The lowest BCUT2D eigenvalue weighted by atomic mass is 9.80. The summed E-state index contributed by atoms with van der Waals surface area (Å²) in [6.07, 6.45) is 7.91. The first-order chi connectivity index (χ1) is 6.25. The van der Waals surface area contributed by atoms with Crippen LogP contribution in [0.3, 0.4) is 0 Å². The Morgan fingerprint density at radius 2 is 1.92 bits per heavy atom. The molecule has 0 N–H and O–H groups in total. The van der Waals surface area contributed by atoms with Crippen molar-refractivity contribution in [1.29, 1.82) is 0 Å². The van der Waals surface area contributed by atoms with E-state index in [-0.39, 0.29) is 12.1 Å². The van der Waals surface area contributed by atoms with Crippen LogP contribution in [-0.4, -0.2) is 12.1 Å². The predicted molar refractivity (Wildman–Crippen MR) is 50.2 cm³/mol. The number of hydrogen-bond acceptors (Lipinski definition) is 2. The number of esters is 1. The minimum Gasteiger partial charge on any atom is -0.463 e. The van der Waals surface area contributed by atoms with E-state index in [1.54, 1.807) is 0 Å². The molecule has 3 atom stereocenters. The molecule has 0 amide bonds. The van der Waals surface area contributed by atoms with Crippen molar-refractivity contribution in [1.82, 2.24) is 0 Å². The second-order valence-electron chi connectivity index (χ2n) is 4.50. The zero-order valence-corrected chi connectivity index (χ0v) is 8.29. The molecule has 2 rings (SSSR count). The highest BCUT2D eigenvalue weighted by Crippen LogP contribution is 2.42. The molecule has 0 aromatic rings. The molecule has 2 fully saturated rings. The molecule has 0 aromatic carbocycles. The van der Waals surface area contributed by atoms with E-state index in [1.165, 1.54) is 32.6 Å². The van der Waals surface area contributed by atoms with Gasteiger partial charge in [0, 0.05) is 6.92 Å². The van der Waals surface area contributed by atoms with Crippen molar-refractivity contribution in [3.63, 3.8) is 0 Å². The quantitative estimate of drug-likeness (QED) is 0.582. The molecule has 0 aromatic heterocycles. The largest absolute Gasteiger partial charge is 0.463 e. The number of carbonyl (C=O) groups is 1. The number of hydrogen-bond donors (Lipinski definition) is 0. The molecule has 2 nitrogen and oxygen atoms in total. The second-order valence-corrected chi connectivity index (χ2v) is 4.50. The Morgan fingerprint density at radius 3 is 2.69 bits per heavy atom. The van der Waals surface area contributed by atoms with Crippen molar-refractivity contribution >= 4 is 5.97 Å². The van der Waals surface area contributed by atoms with E-state index < -0.39 is 0 Å². The monoisotopic (exact) mass is 182 g/mol. The molecule has 74 valence electrons. The summed E-state index contributed by atoms with van der Waals surface area (Å²) < 4.78 is 5.26. The van der Waals surface area contributed by atoms with Gasteiger partial charge in [0.25, 0.3) is 0 Å². The van der Waals surface area contributed by atoms with E-state index in [1.807, 2.05) is 0 Å². The van der Waals surface area contributed by atoms with Crippen molar-refractivity contribution in [2.45, 2.75) is 51.6 Å². The summed E-state index contributed by atoms with van der Waals surface area (Å²) >= 11 is 0. The molecule has 2 aliphatic rings. The Bertz CT molecular complexity index is 200. The molecule has 0 spiro atoms. The third kappa shape index (κ3) is 2.04. The fourth-order valence-electron chi connectivity index (χ4n) is 3.00. The summed E-state index contributed by atoms with van der Waals surface area (Å²) in [5, 5.41) is 0. The predicted octanol–water partition coefficient (Wildman–Crippen LogP) is 2.52. The first-order valence-electron chi connectivity index (χ1n) is 5.43. The average molecular weight is 182 g/mol. The Hall–Kier alpha value is -0.530. The first kappa shape index (κ1) is 9.04. The third-order valence-corrected chi connectivity index (χ3v) is 3.57. The number of carbonyl (C=O) groups excluding carboxylic acids is 1. The summed E-state index contributed by atoms with van der Waals surface area (Å²) in [4.78, 5) is 10.8. The SMILES string of the molecule is CC(=O)O[C@@H]1CC[C@@H]2CCC[C@@H]2C1. The highest BCUT2D eigenvalue weighted by molar-refractivity contribution is 5.66. The van der Waals surface area contributed by atoms with Gasteiger partial charge in [-0.2, -0.15) is 0 Å². The highest BCUT2D eigenvalue weighted by Gasteiger charge is 2.34. The van der Waals surface area contributed by atoms with Gasteiger partial charge in [0.05, 0.1) is 0 Å². The van der Waals surface area contributed by atoms with Gasteiger partial charge in [-0.05, 0) is 31.1 Å². The third-order valence-electron chi connectivity index (χ3n) is 3.57. The van der Waals surface area contributed by atoms with Gasteiger partial charge < -0.3 is 4.74 Å². The Labute approximate surface area is 79.7 Å². The van der Waals surface area contributed by atoms with Crippen LogP contribution in [-0.2, 0) is 9.53 Å². The van der Waals surface area contributed by atoms with Gasteiger partial charge in [-0.1, -0.05) is 19.3 Å². The van der Waals surface area contributed by atoms with Crippen LogP contribution in [0.2, 0.25) is 0 Å². The van der Waals surface area contributed by atoms with Gasteiger partial charge in [-0.15, -0.1) is 0 Å². The molecule has 2 saturated carbocycles. The molecular formula is C11H18O2. The van der Waals surface area contributed by atoms with Gasteiger partial charge in [0.2, 0.25) is 0 Å². The van der Waals surface area contributed by atoms with E-state index in [2.05, 4.69) is 0 Å². The Morgan fingerprint density at radius 1 is 1.15 bits per heavy atom. The van der Waals surface area contributed by atoms with Crippen molar-refractivity contribution in [2.24, 2.45) is 11.8 Å². The van der Waals surface area contributed by atoms with Crippen LogP contribution in [0, 0.1) is 11.8 Å². The standard InChI is InChI=1S/C11H18O2/c1-8(12)13-11-6-5-9-3-2-4-10(9)7-11/h9-11H,2-7H2,1H3/t9-,10+,11+/m0/s1. The molecule has 2 heteroatoms. The fourth-order valence-corrected chi connectivity index (χ4v) is 3.00. The smallest absolute Gasteiger partial charge is 0.302 e. The van der Waals surface area contributed by atoms with Crippen molar-refractivity contribution in [3.05, 3.63) is 0 Å². The maximum absolute atomic E-state index is 10.8. The van der Waals surface area contributed by atoms with Crippen LogP contribution in [0.15, 0.2) is 0 Å². The summed E-state index contributed by atoms with van der Waals surface area (Å²) in [5.74, 6) is 1.70. The Balaban J connectivity index is 1.86. The minimum absolute atomic E-state index is 0.110. The maximum Gasteiger partial charge on any atom is 0.302 e. The highest BCUT2D eigenvalue weighted by atomic mass is 16.5. The lowest BCUT2D eigenvalue weighted by Crippen LogP contribution is -2.27. The minimum atomic E-state index is -0.110. The fraction of sp³-hybridized carbons (Fsp3) is 0.909. The van der Waals surface area contributed by atoms with Crippen LogP contribution in [0.1, 0.15) is 45.4 Å². The number of ether oxygens (including phenoxy) is 1. The zero-order valence-electron chi connectivity index (χ0n) is 8.29. The maximum atomic E-state index is 10.8.